The standard InChI is InChI=1S/C27H22F7N3O2/c1-14(16-6-19(26(29,30)31)10-20(7-16)27(32,33)34)39-23-13-37-22(25(23)15-2-4-21(28)5-3-15)8-17(9-24(37)38)18-11-35-36-12-18/h2-7,9-12,14,22-23,25H,8,13H2,1H3,(H,35,36)/t14-,22?,23?,25+/m1/s1. The van der Waals surface area contributed by atoms with Crippen molar-refractivity contribution >= 4 is 11.5 Å². The van der Waals surface area contributed by atoms with E-state index in [4.69, 9.17) is 4.74 Å². The SMILES string of the molecule is C[C@@H](OC1CN2C(=O)C=C(c3cn[nH]c3)CC2[C@@H]1c1ccc(F)cc1)c1cc(C(F)(F)F)cc(C(F)(F)F)c1. The summed E-state index contributed by atoms with van der Waals surface area (Å²) in [5.41, 5.74) is -1.13. The molecule has 0 aliphatic carbocycles. The summed E-state index contributed by atoms with van der Waals surface area (Å²) in [5.74, 6) is -1.32. The minimum Gasteiger partial charge on any atom is -0.368 e. The van der Waals surface area contributed by atoms with Crippen LogP contribution in [-0.4, -0.2) is 39.7 Å². The Balaban J connectivity index is 1.49. The molecule has 39 heavy (non-hydrogen) atoms. The molecule has 4 atom stereocenters. The number of carbonyl (C=O) groups excluding carboxylic acids is 1. The molecule has 1 N–H and O–H groups in total. The third-order valence-electron chi connectivity index (χ3n) is 7.18. The van der Waals surface area contributed by atoms with Gasteiger partial charge >= 0.3 is 12.4 Å². The Bertz CT molecular complexity index is 1350. The first-order chi connectivity index (χ1) is 18.3. The highest BCUT2D eigenvalue weighted by atomic mass is 19.4. The van der Waals surface area contributed by atoms with Crippen LogP contribution in [0.4, 0.5) is 30.7 Å². The average molecular weight is 553 g/mol. The topological polar surface area (TPSA) is 58.2 Å². The Hall–Kier alpha value is -3.67. The van der Waals surface area contributed by atoms with Crippen molar-refractivity contribution < 1.29 is 40.3 Å². The molecular formula is C27H22F7N3O2. The molecule has 2 aromatic carbocycles. The van der Waals surface area contributed by atoms with E-state index < -0.39 is 53.5 Å². The summed E-state index contributed by atoms with van der Waals surface area (Å²) in [7, 11) is 0. The van der Waals surface area contributed by atoms with Crippen molar-refractivity contribution in [3.05, 3.63) is 94.6 Å². The zero-order valence-electron chi connectivity index (χ0n) is 20.4. The monoisotopic (exact) mass is 553 g/mol. The number of H-pyrrole nitrogens is 1. The quantitative estimate of drug-likeness (QED) is 0.367. The van der Waals surface area contributed by atoms with Crippen LogP contribution in [0.2, 0.25) is 0 Å². The zero-order chi connectivity index (χ0) is 28.1. The van der Waals surface area contributed by atoms with Gasteiger partial charge in [-0.2, -0.15) is 31.4 Å². The first-order valence-corrected chi connectivity index (χ1v) is 12.0. The maximum Gasteiger partial charge on any atom is 0.416 e. The summed E-state index contributed by atoms with van der Waals surface area (Å²) in [4.78, 5) is 14.6. The first kappa shape index (κ1) is 26.9. The number of aromatic nitrogens is 2. The van der Waals surface area contributed by atoms with E-state index in [9.17, 15) is 35.5 Å². The maximum absolute atomic E-state index is 13.7. The van der Waals surface area contributed by atoms with E-state index in [1.807, 2.05) is 0 Å². The van der Waals surface area contributed by atoms with Gasteiger partial charge in [0.2, 0.25) is 5.91 Å². The summed E-state index contributed by atoms with van der Waals surface area (Å²) >= 11 is 0. The van der Waals surface area contributed by atoms with Gasteiger partial charge in [-0.3, -0.25) is 9.89 Å². The van der Waals surface area contributed by atoms with E-state index in [0.717, 1.165) is 0 Å². The summed E-state index contributed by atoms with van der Waals surface area (Å²) < 4.78 is 100. The van der Waals surface area contributed by atoms with Gasteiger partial charge in [-0.25, -0.2) is 4.39 Å². The Morgan fingerprint density at radius 3 is 2.23 bits per heavy atom. The molecule has 5 nitrogen and oxygen atoms in total. The van der Waals surface area contributed by atoms with Gasteiger partial charge in [0.1, 0.15) is 5.82 Å². The minimum absolute atomic E-state index is 0.0517. The van der Waals surface area contributed by atoms with E-state index in [1.54, 1.807) is 17.3 Å². The zero-order valence-corrected chi connectivity index (χ0v) is 20.4. The largest absolute Gasteiger partial charge is 0.416 e. The van der Waals surface area contributed by atoms with Crippen molar-refractivity contribution in [3.8, 4) is 0 Å². The number of nitrogens with one attached hydrogen (secondary N) is 1. The van der Waals surface area contributed by atoms with Gasteiger partial charge in [0.25, 0.3) is 0 Å². The Morgan fingerprint density at radius 2 is 1.67 bits per heavy atom. The minimum atomic E-state index is -5.00. The number of halogens is 7. The molecule has 2 aliphatic heterocycles. The van der Waals surface area contributed by atoms with Crippen LogP contribution in [0.3, 0.4) is 0 Å². The van der Waals surface area contributed by atoms with Crippen molar-refractivity contribution in [3.63, 3.8) is 0 Å². The Morgan fingerprint density at radius 1 is 1.03 bits per heavy atom. The number of fused-ring (bicyclic) bond motifs is 1. The van der Waals surface area contributed by atoms with Crippen molar-refractivity contribution in [2.75, 3.05) is 6.54 Å². The number of hydrogen-bond donors (Lipinski definition) is 1. The van der Waals surface area contributed by atoms with Crippen LogP contribution >= 0.6 is 0 Å². The predicted octanol–water partition coefficient (Wildman–Crippen LogP) is 6.51. The van der Waals surface area contributed by atoms with Crippen molar-refractivity contribution in [2.45, 2.75) is 49.9 Å². The average Bonchev–Trinajstić information content (AvgIpc) is 3.52. The van der Waals surface area contributed by atoms with Crippen LogP contribution < -0.4 is 0 Å². The molecule has 2 unspecified atom stereocenters. The van der Waals surface area contributed by atoms with E-state index in [1.165, 1.54) is 37.3 Å². The molecule has 1 saturated heterocycles. The van der Waals surface area contributed by atoms with Gasteiger partial charge in [-0.15, -0.1) is 0 Å². The van der Waals surface area contributed by atoms with Gasteiger partial charge in [0.05, 0.1) is 29.5 Å². The lowest BCUT2D eigenvalue weighted by Crippen LogP contribution is -2.39. The molecule has 0 spiro atoms. The number of benzene rings is 2. The fourth-order valence-electron chi connectivity index (χ4n) is 5.32. The van der Waals surface area contributed by atoms with E-state index in [0.29, 0.717) is 35.3 Å². The van der Waals surface area contributed by atoms with Gasteiger partial charge in [0, 0.05) is 36.3 Å². The van der Waals surface area contributed by atoms with Crippen LogP contribution in [0, 0.1) is 5.82 Å². The second-order valence-corrected chi connectivity index (χ2v) is 9.65. The molecule has 0 bridgehead atoms. The molecule has 1 fully saturated rings. The number of carbonyl (C=O) groups is 1. The molecule has 12 heteroatoms. The van der Waals surface area contributed by atoms with Gasteiger partial charge < -0.3 is 9.64 Å². The third-order valence-corrected chi connectivity index (χ3v) is 7.18. The summed E-state index contributed by atoms with van der Waals surface area (Å²) in [6.07, 6.45) is -6.90. The molecule has 2 aliphatic rings. The van der Waals surface area contributed by atoms with Crippen LogP contribution in [0.15, 0.2) is 60.9 Å². The lowest BCUT2D eigenvalue weighted by atomic mass is 9.84. The van der Waals surface area contributed by atoms with Crippen LogP contribution in [-0.2, 0) is 21.9 Å². The van der Waals surface area contributed by atoms with Crippen LogP contribution in [0.1, 0.15) is 53.2 Å². The van der Waals surface area contributed by atoms with Crippen LogP contribution in [0.5, 0.6) is 0 Å². The summed E-state index contributed by atoms with van der Waals surface area (Å²) in [6.45, 7) is 1.42. The van der Waals surface area contributed by atoms with Crippen LogP contribution in [0.25, 0.3) is 5.57 Å². The molecule has 3 heterocycles. The molecule has 1 amide bonds. The number of hydrogen-bond acceptors (Lipinski definition) is 3. The summed E-state index contributed by atoms with van der Waals surface area (Å²) in [5, 5.41) is 6.61. The normalized spacial score (nSPS) is 22.6. The highest BCUT2D eigenvalue weighted by molar-refractivity contribution is 5.97. The highest BCUT2D eigenvalue weighted by Gasteiger charge is 2.48. The number of amides is 1. The highest BCUT2D eigenvalue weighted by Crippen LogP contribution is 2.45. The molecule has 3 aromatic rings. The number of rotatable bonds is 5. The fourth-order valence-corrected chi connectivity index (χ4v) is 5.32. The van der Waals surface area contributed by atoms with Crippen molar-refractivity contribution in [1.82, 2.24) is 15.1 Å². The number of nitrogens with zero attached hydrogens (tertiary/aromatic N) is 2. The van der Waals surface area contributed by atoms with E-state index in [2.05, 4.69) is 10.2 Å². The second kappa shape index (κ2) is 9.82. The predicted molar refractivity (Wildman–Crippen MR) is 126 cm³/mol. The molecule has 0 saturated carbocycles. The molecule has 0 radical (unpaired) electrons. The molecule has 206 valence electrons. The number of alkyl halides is 6. The number of aromatic amines is 1. The second-order valence-electron chi connectivity index (χ2n) is 9.65. The Labute approximate surface area is 218 Å². The van der Waals surface area contributed by atoms with E-state index in [-0.39, 0.29) is 24.1 Å². The number of ether oxygens (including phenoxy) is 1. The lowest BCUT2D eigenvalue weighted by Gasteiger charge is -2.32. The smallest absolute Gasteiger partial charge is 0.368 e. The third kappa shape index (κ3) is 5.42. The lowest BCUT2D eigenvalue weighted by molar-refractivity contribution is -0.143. The molecule has 1 aromatic heterocycles. The molecular weight excluding hydrogens is 531 g/mol. The Kier molecular flexibility index (Phi) is 6.78. The van der Waals surface area contributed by atoms with Gasteiger partial charge in [0.15, 0.2) is 0 Å². The summed E-state index contributed by atoms with van der Waals surface area (Å²) in [6, 6.07) is 6.47. The van der Waals surface area contributed by atoms with Crippen molar-refractivity contribution in [1.29, 1.82) is 0 Å². The first-order valence-electron chi connectivity index (χ1n) is 12.0. The van der Waals surface area contributed by atoms with Gasteiger partial charge in [-0.05, 0) is 60.4 Å². The van der Waals surface area contributed by atoms with Crippen molar-refractivity contribution in [2.24, 2.45) is 0 Å². The fraction of sp³-hybridized carbons (Fsp3) is 0.333. The van der Waals surface area contributed by atoms with E-state index >= 15 is 0 Å². The molecule has 5 rings (SSSR count). The maximum atomic E-state index is 13.7. The van der Waals surface area contributed by atoms with Gasteiger partial charge in [-0.1, -0.05) is 12.1 Å².